The SMILES string of the molecule is CC(C)(C)C(COCc1ccccc1Br)CS(N)(=O)=O. The van der Waals surface area contributed by atoms with Gasteiger partial charge in [0.15, 0.2) is 0 Å². The number of hydrogen-bond donors (Lipinski definition) is 1. The molecule has 1 aromatic carbocycles. The molecule has 0 aliphatic rings. The molecule has 4 nitrogen and oxygen atoms in total. The van der Waals surface area contributed by atoms with Crippen molar-refractivity contribution in [3.05, 3.63) is 34.3 Å². The first-order valence-electron chi connectivity index (χ1n) is 6.41. The zero-order valence-corrected chi connectivity index (χ0v) is 14.5. The summed E-state index contributed by atoms with van der Waals surface area (Å²) < 4.78 is 29.3. The first-order valence-corrected chi connectivity index (χ1v) is 8.92. The highest BCUT2D eigenvalue weighted by Gasteiger charge is 2.28. The molecule has 0 heterocycles. The second-order valence-corrected chi connectivity index (χ2v) is 8.51. The van der Waals surface area contributed by atoms with Crippen molar-refractivity contribution >= 4 is 26.0 Å². The van der Waals surface area contributed by atoms with Crippen LogP contribution in [-0.4, -0.2) is 20.8 Å². The van der Waals surface area contributed by atoms with Crippen LogP contribution >= 0.6 is 15.9 Å². The zero-order valence-electron chi connectivity index (χ0n) is 12.1. The standard InChI is InChI=1S/C14H22BrNO3S/c1-14(2,3)12(10-20(16,17)18)9-19-8-11-6-4-5-7-13(11)15/h4-7,12H,8-10H2,1-3H3,(H2,16,17,18). The lowest BCUT2D eigenvalue weighted by Crippen LogP contribution is -2.34. The van der Waals surface area contributed by atoms with Gasteiger partial charge in [-0.05, 0) is 17.0 Å². The quantitative estimate of drug-likeness (QED) is 0.844. The fourth-order valence-electron chi connectivity index (χ4n) is 1.76. The molecule has 114 valence electrons. The van der Waals surface area contributed by atoms with Crippen LogP contribution in [0.5, 0.6) is 0 Å². The monoisotopic (exact) mass is 363 g/mol. The van der Waals surface area contributed by atoms with Gasteiger partial charge in [0, 0.05) is 10.4 Å². The van der Waals surface area contributed by atoms with Gasteiger partial charge in [0.1, 0.15) is 0 Å². The van der Waals surface area contributed by atoms with Gasteiger partial charge in [0.25, 0.3) is 0 Å². The van der Waals surface area contributed by atoms with Gasteiger partial charge in [-0.15, -0.1) is 0 Å². The Balaban J connectivity index is 2.62. The maximum Gasteiger partial charge on any atom is 0.209 e. The lowest BCUT2D eigenvalue weighted by molar-refractivity contribution is 0.0549. The van der Waals surface area contributed by atoms with Crippen LogP contribution < -0.4 is 5.14 Å². The van der Waals surface area contributed by atoms with E-state index >= 15 is 0 Å². The van der Waals surface area contributed by atoms with Gasteiger partial charge in [0.05, 0.1) is 19.0 Å². The molecule has 1 aromatic rings. The molecular weight excluding hydrogens is 342 g/mol. The number of hydrogen-bond acceptors (Lipinski definition) is 3. The van der Waals surface area contributed by atoms with E-state index in [-0.39, 0.29) is 17.1 Å². The van der Waals surface area contributed by atoms with Gasteiger partial charge < -0.3 is 4.74 Å². The van der Waals surface area contributed by atoms with Crippen LogP contribution in [-0.2, 0) is 21.4 Å². The first kappa shape index (κ1) is 17.6. The van der Waals surface area contributed by atoms with Gasteiger partial charge in [-0.1, -0.05) is 54.9 Å². The first-order chi connectivity index (χ1) is 9.09. The Hall–Kier alpha value is -0.430. The highest BCUT2D eigenvalue weighted by molar-refractivity contribution is 9.10. The topological polar surface area (TPSA) is 69.4 Å². The maximum atomic E-state index is 11.3. The van der Waals surface area contributed by atoms with Crippen molar-refractivity contribution < 1.29 is 13.2 Å². The maximum absolute atomic E-state index is 11.3. The molecule has 0 aromatic heterocycles. The van der Waals surface area contributed by atoms with Crippen LogP contribution in [0.4, 0.5) is 0 Å². The normalized spacial score (nSPS) is 14.2. The van der Waals surface area contributed by atoms with Gasteiger partial charge >= 0.3 is 0 Å². The summed E-state index contributed by atoms with van der Waals surface area (Å²) in [6.07, 6.45) is 0. The van der Waals surface area contributed by atoms with Crippen molar-refractivity contribution in [2.45, 2.75) is 27.4 Å². The van der Waals surface area contributed by atoms with Crippen molar-refractivity contribution in [3.8, 4) is 0 Å². The minimum Gasteiger partial charge on any atom is -0.376 e. The summed E-state index contributed by atoms with van der Waals surface area (Å²) in [5.74, 6) is -0.202. The minimum atomic E-state index is -3.50. The summed E-state index contributed by atoms with van der Waals surface area (Å²) in [4.78, 5) is 0. The number of halogens is 1. The van der Waals surface area contributed by atoms with Crippen molar-refractivity contribution in [2.75, 3.05) is 12.4 Å². The van der Waals surface area contributed by atoms with Crippen LogP contribution in [0, 0.1) is 11.3 Å². The Morgan fingerprint density at radius 3 is 2.40 bits per heavy atom. The van der Waals surface area contributed by atoms with E-state index in [1.165, 1.54) is 0 Å². The van der Waals surface area contributed by atoms with Crippen LogP contribution in [0.3, 0.4) is 0 Å². The molecule has 0 aliphatic heterocycles. The number of primary sulfonamides is 1. The number of sulfonamides is 1. The van der Waals surface area contributed by atoms with Crippen molar-refractivity contribution in [1.82, 2.24) is 0 Å². The Kier molecular flexibility index (Phi) is 6.19. The third-order valence-electron chi connectivity index (χ3n) is 3.19. The summed E-state index contributed by atoms with van der Waals surface area (Å²) in [5, 5.41) is 5.15. The molecule has 0 saturated heterocycles. The van der Waals surface area contributed by atoms with E-state index in [2.05, 4.69) is 15.9 Å². The Labute approximate surface area is 129 Å². The smallest absolute Gasteiger partial charge is 0.209 e. The average molecular weight is 364 g/mol. The van der Waals surface area contributed by atoms with E-state index in [1.54, 1.807) is 0 Å². The summed E-state index contributed by atoms with van der Waals surface area (Å²) in [6, 6.07) is 7.79. The number of rotatable bonds is 6. The molecule has 0 amide bonds. The molecule has 0 radical (unpaired) electrons. The van der Waals surface area contributed by atoms with Gasteiger partial charge in [-0.25, -0.2) is 13.6 Å². The van der Waals surface area contributed by atoms with E-state index in [0.29, 0.717) is 13.2 Å². The van der Waals surface area contributed by atoms with Crippen molar-refractivity contribution in [2.24, 2.45) is 16.5 Å². The lowest BCUT2D eigenvalue weighted by atomic mass is 9.82. The Bertz CT molecular complexity index is 538. The fraction of sp³-hybridized carbons (Fsp3) is 0.571. The van der Waals surface area contributed by atoms with E-state index < -0.39 is 10.0 Å². The van der Waals surface area contributed by atoms with E-state index in [9.17, 15) is 8.42 Å². The van der Waals surface area contributed by atoms with Crippen LogP contribution in [0.15, 0.2) is 28.7 Å². The Morgan fingerprint density at radius 1 is 1.30 bits per heavy atom. The van der Waals surface area contributed by atoms with Crippen LogP contribution in [0.25, 0.3) is 0 Å². The highest BCUT2D eigenvalue weighted by Crippen LogP contribution is 2.27. The van der Waals surface area contributed by atoms with Gasteiger partial charge in [-0.2, -0.15) is 0 Å². The summed E-state index contributed by atoms with van der Waals surface area (Å²) in [7, 11) is -3.50. The average Bonchev–Trinajstić information content (AvgIpc) is 2.27. The van der Waals surface area contributed by atoms with Gasteiger partial charge in [-0.3, -0.25) is 0 Å². The van der Waals surface area contributed by atoms with Crippen molar-refractivity contribution in [1.29, 1.82) is 0 Å². The Morgan fingerprint density at radius 2 is 1.90 bits per heavy atom. The van der Waals surface area contributed by atoms with E-state index in [0.717, 1.165) is 10.0 Å². The third kappa shape index (κ3) is 6.35. The van der Waals surface area contributed by atoms with Crippen LogP contribution in [0.1, 0.15) is 26.3 Å². The molecule has 0 bridgehead atoms. The molecule has 2 N–H and O–H groups in total. The molecule has 1 rings (SSSR count). The molecule has 1 atom stereocenters. The zero-order chi connectivity index (χ0) is 15.4. The summed E-state index contributed by atoms with van der Waals surface area (Å²) in [6.45, 7) is 6.78. The summed E-state index contributed by atoms with van der Waals surface area (Å²) in [5.41, 5.74) is 0.858. The molecule has 20 heavy (non-hydrogen) atoms. The predicted molar refractivity (Wildman–Crippen MR) is 84.7 cm³/mol. The molecule has 0 fully saturated rings. The number of ether oxygens (including phenoxy) is 1. The second kappa shape index (κ2) is 7.02. The molecule has 0 spiro atoms. The highest BCUT2D eigenvalue weighted by atomic mass is 79.9. The number of nitrogens with two attached hydrogens (primary N) is 1. The molecule has 6 heteroatoms. The van der Waals surface area contributed by atoms with Crippen LogP contribution in [0.2, 0.25) is 0 Å². The second-order valence-electron chi connectivity index (χ2n) is 6.00. The fourth-order valence-corrected chi connectivity index (χ4v) is 3.31. The predicted octanol–water partition coefficient (Wildman–Crippen LogP) is 2.92. The van der Waals surface area contributed by atoms with E-state index in [4.69, 9.17) is 9.88 Å². The van der Waals surface area contributed by atoms with E-state index in [1.807, 2.05) is 45.0 Å². The van der Waals surface area contributed by atoms with Gasteiger partial charge in [0.2, 0.25) is 10.0 Å². The lowest BCUT2D eigenvalue weighted by Gasteiger charge is -2.29. The minimum absolute atomic E-state index is 0.0630. The number of benzene rings is 1. The summed E-state index contributed by atoms with van der Waals surface area (Å²) >= 11 is 3.46. The molecule has 0 saturated carbocycles. The third-order valence-corrected chi connectivity index (χ3v) is 4.83. The molecular formula is C14H22BrNO3S. The molecule has 1 unspecified atom stereocenters. The molecule has 0 aliphatic carbocycles. The largest absolute Gasteiger partial charge is 0.376 e. The van der Waals surface area contributed by atoms with Crippen molar-refractivity contribution in [3.63, 3.8) is 0 Å².